The molecule has 24 nitrogen and oxygen atoms in total. The highest BCUT2D eigenvalue weighted by atomic mass is 16.5. The Morgan fingerprint density at radius 3 is 1.93 bits per heavy atom. The summed E-state index contributed by atoms with van der Waals surface area (Å²) in [6, 6.07) is 3.47. The molecule has 2 heterocycles. The predicted molar refractivity (Wildman–Crippen MR) is 340 cm³/mol. The minimum absolute atomic E-state index is 0.00901. The minimum atomic E-state index is -0.976. The Labute approximate surface area is 529 Å². The Kier molecular flexibility index (Phi) is 33.0. The lowest BCUT2D eigenvalue weighted by atomic mass is 9.83. The van der Waals surface area contributed by atoms with Crippen molar-refractivity contribution in [1.29, 1.82) is 0 Å². The largest absolute Gasteiger partial charge is 0.379 e. The summed E-state index contributed by atoms with van der Waals surface area (Å²) in [6.07, 6.45) is 2.14. The van der Waals surface area contributed by atoms with Crippen LogP contribution in [0.2, 0.25) is 0 Å². The SMILES string of the molecule is CC[C@H](C)C([C@@H](CC(=O)N1CCC[C@H]1[C@H](OC)[C@@H](C)C(=O)N[C@H](CN=[N+]=[N-])Cc1ccc(CC(=O)[C@H](CCCNC(N)=O)NC(=O)[C@@H](CC(=O)CCC(=O)N2CCC(C(=O)NC)CC2)C(C)C)cc1)OC)N(C)C(=O)[C@@H](CC(=O)[C@H](C(C)C)N(C)C)C(C)C. The molecule has 0 aromatic heterocycles. The molecule has 8 amide bonds. The van der Waals surface area contributed by atoms with Gasteiger partial charge in [0.05, 0.1) is 48.7 Å². The molecular formula is C65H108N12O12. The molecule has 2 saturated heterocycles. The number of nitrogens with two attached hydrogens (primary N) is 1. The number of nitrogens with one attached hydrogen (secondary N) is 4. The summed E-state index contributed by atoms with van der Waals surface area (Å²) in [4.78, 5) is 145. The molecule has 0 bridgehead atoms. The number of likely N-dealkylation sites (N-methyl/N-ethyl adjacent to an activating group) is 2. The maximum absolute atomic E-state index is 14.6. The van der Waals surface area contributed by atoms with E-state index in [1.807, 2.05) is 74.4 Å². The highest BCUT2D eigenvalue weighted by Crippen LogP contribution is 2.32. The number of rotatable bonds is 39. The van der Waals surface area contributed by atoms with E-state index in [4.69, 9.17) is 15.2 Å². The Morgan fingerprint density at radius 1 is 0.764 bits per heavy atom. The van der Waals surface area contributed by atoms with Crippen LogP contribution in [0.1, 0.15) is 150 Å². The third-order valence-electron chi connectivity index (χ3n) is 18.3. The molecule has 6 N–H and O–H groups in total. The summed E-state index contributed by atoms with van der Waals surface area (Å²) in [5, 5.41) is 14.9. The molecule has 0 aliphatic carbocycles. The highest BCUT2D eigenvalue weighted by Gasteiger charge is 2.44. The third kappa shape index (κ3) is 23.7. The van der Waals surface area contributed by atoms with Gasteiger partial charge in [-0.2, -0.15) is 0 Å². The van der Waals surface area contributed by atoms with Crippen LogP contribution in [-0.4, -0.2) is 196 Å². The molecule has 89 heavy (non-hydrogen) atoms. The molecule has 0 spiro atoms. The normalized spacial score (nSPS) is 17.9. The number of likely N-dealkylation sites (tertiary alicyclic amines) is 2. The zero-order chi connectivity index (χ0) is 66.8. The van der Waals surface area contributed by atoms with Crippen molar-refractivity contribution in [2.45, 2.75) is 195 Å². The van der Waals surface area contributed by atoms with Crippen molar-refractivity contribution in [3.05, 3.63) is 45.8 Å². The summed E-state index contributed by atoms with van der Waals surface area (Å²) in [6.45, 7) is 18.7. The predicted octanol–water partition coefficient (Wildman–Crippen LogP) is 5.80. The number of piperidine rings is 1. The number of benzene rings is 1. The first-order chi connectivity index (χ1) is 42.0. The van der Waals surface area contributed by atoms with Crippen LogP contribution in [-0.2, 0) is 65.5 Å². The van der Waals surface area contributed by atoms with Crippen LogP contribution in [0.4, 0.5) is 4.79 Å². The van der Waals surface area contributed by atoms with E-state index in [1.54, 1.807) is 67.1 Å². The molecular weight excluding hydrogens is 1140 g/mol. The first-order valence-electron chi connectivity index (χ1n) is 32.1. The first kappa shape index (κ1) is 76.8. The molecule has 1 aromatic rings. The number of amides is 8. The number of primary amides is 1. The Hall–Kier alpha value is -6.49. The van der Waals surface area contributed by atoms with Crippen LogP contribution >= 0.6 is 0 Å². The number of ketones is 3. The van der Waals surface area contributed by atoms with Gasteiger partial charge in [0.2, 0.25) is 35.4 Å². The second-order valence-corrected chi connectivity index (χ2v) is 25.9. The van der Waals surface area contributed by atoms with E-state index in [-0.39, 0.29) is 147 Å². The molecule has 2 aliphatic heterocycles. The van der Waals surface area contributed by atoms with Crippen LogP contribution in [0.15, 0.2) is 29.4 Å². The number of azide groups is 1. The maximum Gasteiger partial charge on any atom is 0.312 e. The van der Waals surface area contributed by atoms with Gasteiger partial charge in [-0.3, -0.25) is 48.1 Å². The van der Waals surface area contributed by atoms with Gasteiger partial charge in [-0.1, -0.05) is 98.1 Å². The van der Waals surface area contributed by atoms with E-state index >= 15 is 0 Å². The van der Waals surface area contributed by atoms with Crippen molar-refractivity contribution in [1.82, 2.24) is 40.9 Å². The zero-order valence-electron chi connectivity index (χ0n) is 56.0. The summed E-state index contributed by atoms with van der Waals surface area (Å²) in [5.41, 5.74) is 16.0. The van der Waals surface area contributed by atoms with Crippen LogP contribution < -0.4 is 27.0 Å². The number of methoxy groups -OCH3 is 2. The van der Waals surface area contributed by atoms with Crippen molar-refractivity contribution < 1.29 is 57.4 Å². The third-order valence-corrected chi connectivity index (χ3v) is 18.3. The number of Topliss-reactive ketones (excluding diaryl/α,β-unsaturated/α-hetero) is 3. The molecule has 0 saturated carbocycles. The fourth-order valence-corrected chi connectivity index (χ4v) is 12.9. The van der Waals surface area contributed by atoms with Crippen LogP contribution in [0.5, 0.6) is 0 Å². The van der Waals surface area contributed by atoms with Gasteiger partial charge in [0.25, 0.3) is 0 Å². The monoisotopic (exact) mass is 1250 g/mol. The Bertz CT molecular complexity index is 2540. The van der Waals surface area contributed by atoms with Crippen molar-refractivity contribution in [2.24, 2.45) is 58.2 Å². The number of carbonyl (C=O) groups is 10. The van der Waals surface area contributed by atoms with E-state index in [9.17, 15) is 53.5 Å². The molecule has 2 aliphatic rings. The average molecular weight is 1250 g/mol. The second kappa shape index (κ2) is 38.3. The molecule has 1 aromatic carbocycles. The van der Waals surface area contributed by atoms with Crippen LogP contribution in [0, 0.1) is 47.3 Å². The quantitative estimate of drug-likeness (QED) is 0.0225. The molecule has 11 atom stereocenters. The van der Waals surface area contributed by atoms with E-state index < -0.39 is 66.1 Å². The van der Waals surface area contributed by atoms with Gasteiger partial charge < -0.3 is 51.2 Å². The molecule has 0 radical (unpaired) electrons. The van der Waals surface area contributed by atoms with E-state index in [2.05, 4.69) is 31.3 Å². The van der Waals surface area contributed by atoms with E-state index in [0.29, 0.717) is 63.7 Å². The summed E-state index contributed by atoms with van der Waals surface area (Å²) in [7, 11) is 10.1. The number of urea groups is 1. The highest BCUT2D eigenvalue weighted by molar-refractivity contribution is 5.94. The smallest absolute Gasteiger partial charge is 0.312 e. The molecule has 2 fully saturated rings. The summed E-state index contributed by atoms with van der Waals surface area (Å²) < 4.78 is 12.2. The van der Waals surface area contributed by atoms with Crippen molar-refractivity contribution in [3.8, 4) is 0 Å². The molecule has 500 valence electrons. The molecule has 3 rings (SSSR count). The van der Waals surface area contributed by atoms with Crippen LogP contribution in [0.25, 0.3) is 10.4 Å². The standard InChI is InChI=1S/C65H108N12O12/c1-16-42(8)59(75(13)64(86)50(40(4)5)36-54(80)58(41(6)7)74(11)12)55(88-14)37-57(82)77-30-18-20-52(77)60(89-15)43(9)61(83)71-47(38-70-73-67)33-44-21-23-45(24-22-44)34-53(79)51(19-17-29-69-65(66)87)72-63(85)49(39(2)3)35-48(78)25-26-56(81)76-31-27-46(28-32-76)62(84)68-10/h21-24,39-43,46-47,49-52,55,58-60H,16-20,25-38H2,1-15H3,(H,68,84)(H,71,83)(H,72,85)(H3,66,69,87)/t42-,43+,47-,49-,50-,51-,52-,55+,58-,59?,60+/m0/s1. The lowest BCUT2D eigenvalue weighted by Crippen LogP contribution is -2.54. The van der Waals surface area contributed by atoms with Crippen molar-refractivity contribution in [2.75, 3.05) is 75.1 Å². The fraction of sp³-hybridized carbons (Fsp3) is 0.754. The lowest BCUT2D eigenvalue weighted by Gasteiger charge is -2.41. The lowest BCUT2D eigenvalue weighted by molar-refractivity contribution is -0.149. The second-order valence-electron chi connectivity index (χ2n) is 25.9. The molecule has 1 unspecified atom stereocenters. The van der Waals surface area contributed by atoms with Crippen LogP contribution in [0.3, 0.4) is 0 Å². The van der Waals surface area contributed by atoms with Gasteiger partial charge in [-0.15, -0.1) is 0 Å². The van der Waals surface area contributed by atoms with Gasteiger partial charge >= 0.3 is 6.03 Å². The fourth-order valence-electron chi connectivity index (χ4n) is 12.9. The van der Waals surface area contributed by atoms with Gasteiger partial charge in [0.15, 0.2) is 11.6 Å². The van der Waals surface area contributed by atoms with Gasteiger partial charge in [-0.05, 0) is 99.4 Å². The summed E-state index contributed by atoms with van der Waals surface area (Å²) in [5.74, 6) is -4.73. The number of hydrogen-bond acceptors (Lipinski definition) is 14. The van der Waals surface area contributed by atoms with E-state index in [0.717, 1.165) is 5.56 Å². The molecule has 24 heteroatoms. The van der Waals surface area contributed by atoms with Crippen molar-refractivity contribution in [3.63, 3.8) is 0 Å². The van der Waals surface area contributed by atoms with Crippen molar-refractivity contribution >= 4 is 58.8 Å². The average Bonchev–Trinajstić information content (AvgIpc) is 2.15. The summed E-state index contributed by atoms with van der Waals surface area (Å²) >= 11 is 0. The number of nitrogens with zero attached hydrogens (tertiary/aromatic N) is 7. The Morgan fingerprint density at radius 2 is 1.39 bits per heavy atom. The first-order valence-corrected chi connectivity index (χ1v) is 32.1. The zero-order valence-corrected chi connectivity index (χ0v) is 56.0. The maximum atomic E-state index is 14.6. The Balaban J connectivity index is 1.72. The number of carbonyl (C=O) groups excluding carboxylic acids is 10. The van der Waals surface area contributed by atoms with E-state index in [1.165, 1.54) is 7.11 Å². The van der Waals surface area contributed by atoms with Gasteiger partial charge in [0, 0.05) is 122 Å². The topological polar surface area (TPSA) is 325 Å². The minimum Gasteiger partial charge on any atom is -0.379 e. The number of ether oxygens (including phenoxy) is 2. The van der Waals surface area contributed by atoms with Gasteiger partial charge in [-0.25, -0.2) is 4.79 Å². The number of hydrogen-bond donors (Lipinski definition) is 5. The van der Waals surface area contributed by atoms with Gasteiger partial charge in [0.1, 0.15) is 5.78 Å².